The molecule has 0 aliphatic heterocycles. The van der Waals surface area contributed by atoms with E-state index in [-0.39, 0.29) is 24.5 Å². The second kappa shape index (κ2) is 6.66. The molecule has 0 saturated heterocycles. The Kier molecular flexibility index (Phi) is 4.61. The molecule has 3 rings (SSSR count). The van der Waals surface area contributed by atoms with E-state index < -0.39 is 0 Å². The van der Waals surface area contributed by atoms with Crippen molar-refractivity contribution in [3.05, 3.63) is 23.5 Å². The lowest BCUT2D eigenvalue weighted by Crippen LogP contribution is -2.41. The fourth-order valence-electron chi connectivity index (χ4n) is 3.48. The number of aromatic nitrogens is 3. The van der Waals surface area contributed by atoms with Gasteiger partial charge in [-0.05, 0) is 25.8 Å². The number of carbonyl (C=O) groups excluding carboxylic acids is 1. The van der Waals surface area contributed by atoms with Crippen molar-refractivity contribution in [3.63, 3.8) is 0 Å². The number of pyridine rings is 1. The summed E-state index contributed by atoms with van der Waals surface area (Å²) in [4.78, 5) is 17.0. The number of aryl methyl sites for hydroxylation is 2. The topological polar surface area (TPSA) is 80.0 Å². The van der Waals surface area contributed by atoms with Crippen molar-refractivity contribution in [2.24, 2.45) is 13.0 Å². The molecule has 1 saturated carbocycles. The smallest absolute Gasteiger partial charge is 0.253 e. The highest BCUT2D eigenvalue weighted by Gasteiger charge is 2.25. The maximum Gasteiger partial charge on any atom is 0.253 e. The molecular formula is C17H24N4O2. The van der Waals surface area contributed by atoms with Gasteiger partial charge in [0.05, 0.1) is 11.3 Å². The van der Waals surface area contributed by atoms with Crippen LogP contribution in [0.1, 0.15) is 48.2 Å². The summed E-state index contributed by atoms with van der Waals surface area (Å²) in [6.07, 6.45) is 6.90. The highest BCUT2D eigenvalue weighted by atomic mass is 16.3. The first kappa shape index (κ1) is 15.9. The average Bonchev–Trinajstić information content (AvgIpc) is 2.72. The number of carbonyl (C=O) groups is 1. The van der Waals surface area contributed by atoms with Gasteiger partial charge in [-0.2, -0.15) is 5.10 Å². The van der Waals surface area contributed by atoms with Gasteiger partial charge < -0.3 is 10.4 Å². The van der Waals surface area contributed by atoms with Gasteiger partial charge in [-0.25, -0.2) is 4.98 Å². The highest BCUT2D eigenvalue weighted by Crippen LogP contribution is 2.24. The molecule has 0 aromatic carbocycles. The van der Waals surface area contributed by atoms with Crippen LogP contribution in [0, 0.1) is 12.8 Å². The first-order chi connectivity index (χ1) is 11.1. The van der Waals surface area contributed by atoms with Crippen LogP contribution in [0.2, 0.25) is 0 Å². The number of amides is 1. The van der Waals surface area contributed by atoms with E-state index in [1.165, 1.54) is 6.42 Å². The van der Waals surface area contributed by atoms with Gasteiger partial charge in [0.25, 0.3) is 5.91 Å². The minimum absolute atomic E-state index is 0.0423. The number of nitrogens with zero attached hydrogens (tertiary/aromatic N) is 3. The summed E-state index contributed by atoms with van der Waals surface area (Å²) in [5.41, 5.74) is 2.20. The van der Waals surface area contributed by atoms with Crippen molar-refractivity contribution in [2.75, 3.05) is 6.61 Å². The van der Waals surface area contributed by atoms with Crippen molar-refractivity contribution in [1.29, 1.82) is 0 Å². The Morgan fingerprint density at radius 2 is 2.17 bits per heavy atom. The SMILES string of the molecule is Cc1nn(C)c2ncc(C(=O)NC3CCCCCC3CO)cc12. The normalized spacial score (nSPS) is 22.0. The Bertz CT molecular complexity index is 710. The van der Waals surface area contributed by atoms with Crippen LogP contribution >= 0.6 is 0 Å². The summed E-state index contributed by atoms with van der Waals surface area (Å²) in [5, 5.41) is 17.9. The van der Waals surface area contributed by atoms with Crippen molar-refractivity contribution in [2.45, 2.75) is 45.1 Å². The van der Waals surface area contributed by atoms with E-state index in [0.717, 1.165) is 42.4 Å². The molecular weight excluding hydrogens is 292 g/mol. The second-order valence-corrected chi connectivity index (χ2v) is 6.46. The lowest BCUT2D eigenvalue weighted by molar-refractivity contribution is 0.0899. The fraction of sp³-hybridized carbons (Fsp3) is 0.588. The van der Waals surface area contributed by atoms with E-state index in [0.29, 0.717) is 5.56 Å². The molecule has 2 aromatic rings. The number of aliphatic hydroxyl groups is 1. The zero-order valence-electron chi connectivity index (χ0n) is 13.7. The Hall–Kier alpha value is -1.95. The third-order valence-corrected chi connectivity index (χ3v) is 4.84. The third-order valence-electron chi connectivity index (χ3n) is 4.84. The van der Waals surface area contributed by atoms with Gasteiger partial charge in [-0.15, -0.1) is 0 Å². The van der Waals surface area contributed by atoms with Crippen molar-refractivity contribution < 1.29 is 9.90 Å². The molecule has 1 fully saturated rings. The number of nitrogens with one attached hydrogen (secondary N) is 1. The summed E-state index contributed by atoms with van der Waals surface area (Å²) < 4.78 is 1.72. The van der Waals surface area contributed by atoms with Gasteiger partial charge in [0.2, 0.25) is 0 Å². The summed E-state index contributed by atoms with van der Waals surface area (Å²) >= 11 is 0. The lowest BCUT2D eigenvalue weighted by Gasteiger charge is -2.24. The predicted octanol–water partition coefficient (Wildman–Crippen LogP) is 1.95. The molecule has 1 aliphatic carbocycles. The van der Waals surface area contributed by atoms with Crippen molar-refractivity contribution >= 4 is 16.9 Å². The Morgan fingerprint density at radius 3 is 2.96 bits per heavy atom. The molecule has 2 heterocycles. The highest BCUT2D eigenvalue weighted by molar-refractivity contribution is 5.97. The minimum Gasteiger partial charge on any atom is -0.396 e. The number of rotatable bonds is 3. The summed E-state index contributed by atoms with van der Waals surface area (Å²) in [6.45, 7) is 2.04. The van der Waals surface area contributed by atoms with Crippen molar-refractivity contribution in [1.82, 2.24) is 20.1 Å². The van der Waals surface area contributed by atoms with Crippen LogP contribution < -0.4 is 5.32 Å². The Morgan fingerprint density at radius 1 is 1.39 bits per heavy atom. The zero-order valence-corrected chi connectivity index (χ0v) is 13.7. The van der Waals surface area contributed by atoms with E-state index >= 15 is 0 Å². The first-order valence-corrected chi connectivity index (χ1v) is 8.31. The van der Waals surface area contributed by atoms with Gasteiger partial charge in [-0.3, -0.25) is 9.48 Å². The van der Waals surface area contributed by atoms with E-state index in [1.807, 2.05) is 20.0 Å². The number of hydrogen-bond acceptors (Lipinski definition) is 4. The second-order valence-electron chi connectivity index (χ2n) is 6.46. The molecule has 6 nitrogen and oxygen atoms in total. The maximum atomic E-state index is 12.6. The summed E-state index contributed by atoms with van der Waals surface area (Å²) in [7, 11) is 1.85. The summed E-state index contributed by atoms with van der Waals surface area (Å²) in [6, 6.07) is 1.89. The van der Waals surface area contributed by atoms with Gasteiger partial charge in [0.1, 0.15) is 0 Å². The van der Waals surface area contributed by atoms with E-state index in [4.69, 9.17) is 0 Å². The Balaban J connectivity index is 1.80. The van der Waals surface area contributed by atoms with Crippen LogP contribution in [-0.4, -0.2) is 38.4 Å². The van der Waals surface area contributed by atoms with E-state index in [9.17, 15) is 9.90 Å². The van der Waals surface area contributed by atoms with Crippen LogP contribution in [0.3, 0.4) is 0 Å². The molecule has 1 amide bonds. The zero-order chi connectivity index (χ0) is 16.4. The molecule has 0 radical (unpaired) electrons. The van der Waals surface area contributed by atoms with E-state index in [2.05, 4.69) is 15.4 Å². The van der Waals surface area contributed by atoms with Crippen LogP contribution in [0.25, 0.3) is 11.0 Å². The average molecular weight is 316 g/mol. The van der Waals surface area contributed by atoms with Crippen LogP contribution in [0.4, 0.5) is 0 Å². The molecule has 6 heteroatoms. The molecule has 124 valence electrons. The molecule has 2 atom stereocenters. The van der Waals surface area contributed by atoms with Crippen LogP contribution in [0.5, 0.6) is 0 Å². The van der Waals surface area contributed by atoms with E-state index in [1.54, 1.807) is 10.9 Å². The molecule has 23 heavy (non-hydrogen) atoms. The third kappa shape index (κ3) is 3.22. The number of aliphatic hydroxyl groups excluding tert-OH is 1. The molecule has 2 aromatic heterocycles. The fourth-order valence-corrected chi connectivity index (χ4v) is 3.48. The van der Waals surface area contributed by atoms with Crippen molar-refractivity contribution in [3.8, 4) is 0 Å². The standard InChI is InChI=1S/C17H24N4O2/c1-11-14-8-13(9-18-16(14)21(2)20-11)17(23)19-15-7-5-3-4-6-12(15)10-22/h8-9,12,15,22H,3-7,10H2,1-2H3,(H,19,23). The van der Waals surface area contributed by atoms with Crippen LogP contribution in [0.15, 0.2) is 12.3 Å². The predicted molar refractivity (Wildman–Crippen MR) is 88.2 cm³/mol. The first-order valence-electron chi connectivity index (χ1n) is 8.31. The molecule has 0 spiro atoms. The lowest BCUT2D eigenvalue weighted by atomic mass is 9.95. The van der Waals surface area contributed by atoms with Gasteiger partial charge >= 0.3 is 0 Å². The quantitative estimate of drug-likeness (QED) is 0.848. The Labute approximate surface area is 135 Å². The number of hydrogen-bond donors (Lipinski definition) is 2. The van der Waals surface area contributed by atoms with Gasteiger partial charge in [-0.1, -0.05) is 19.3 Å². The number of fused-ring (bicyclic) bond motifs is 1. The molecule has 1 aliphatic rings. The maximum absolute atomic E-state index is 12.6. The molecule has 0 bridgehead atoms. The van der Waals surface area contributed by atoms with Gasteiger partial charge in [0.15, 0.2) is 5.65 Å². The van der Waals surface area contributed by atoms with Gasteiger partial charge in [0, 0.05) is 37.2 Å². The monoisotopic (exact) mass is 316 g/mol. The molecule has 2 N–H and O–H groups in total. The molecule has 2 unspecified atom stereocenters. The summed E-state index contributed by atoms with van der Waals surface area (Å²) in [5.74, 6) is 0.0336. The largest absolute Gasteiger partial charge is 0.396 e. The minimum atomic E-state index is -0.118. The van der Waals surface area contributed by atoms with Crippen LogP contribution in [-0.2, 0) is 7.05 Å².